The standard InChI is InChI=1S/C21H18F4N6O/c22-14-2-1-3-16(31-27-6-7-28-31)19(14)20(32)30-11-12-8-15(17(30)9-12)29-18-5-4-13(10-26-18)21(23,24)25/h1-7,10,12,15,17H,8-9,11H2,(H,26,29)/t12-,15+,17-/m0/s1. The number of fused-ring (bicyclic) bond motifs is 2. The average molecular weight is 446 g/mol. The summed E-state index contributed by atoms with van der Waals surface area (Å²) in [5.74, 6) is -0.611. The number of benzene rings is 1. The summed E-state index contributed by atoms with van der Waals surface area (Å²) in [7, 11) is 0. The van der Waals surface area contributed by atoms with E-state index in [4.69, 9.17) is 0 Å². The van der Waals surface area contributed by atoms with Crippen LogP contribution in [0.3, 0.4) is 0 Å². The minimum atomic E-state index is -4.46. The van der Waals surface area contributed by atoms with Crippen molar-refractivity contribution < 1.29 is 22.4 Å². The molecule has 0 radical (unpaired) electrons. The molecule has 1 amide bonds. The summed E-state index contributed by atoms with van der Waals surface area (Å²) in [6.45, 7) is 0.489. The van der Waals surface area contributed by atoms with Gasteiger partial charge in [-0.15, -0.1) is 0 Å². The molecule has 2 bridgehead atoms. The molecule has 0 spiro atoms. The number of aromatic nitrogens is 4. The van der Waals surface area contributed by atoms with Crippen LogP contribution in [0.4, 0.5) is 23.4 Å². The maximum absolute atomic E-state index is 14.7. The van der Waals surface area contributed by atoms with Gasteiger partial charge in [0.25, 0.3) is 5.91 Å². The average Bonchev–Trinajstić information content (AvgIpc) is 3.50. The minimum absolute atomic E-state index is 0.109. The fraction of sp³-hybridized carbons (Fsp3) is 0.333. The van der Waals surface area contributed by atoms with E-state index in [0.717, 1.165) is 25.1 Å². The molecule has 1 aliphatic carbocycles. The molecule has 1 aliphatic heterocycles. The summed E-state index contributed by atoms with van der Waals surface area (Å²) in [4.78, 5) is 20.1. The van der Waals surface area contributed by atoms with E-state index < -0.39 is 23.5 Å². The maximum atomic E-state index is 14.7. The van der Waals surface area contributed by atoms with Gasteiger partial charge in [0.2, 0.25) is 0 Å². The third-order valence-electron chi connectivity index (χ3n) is 6.01. The van der Waals surface area contributed by atoms with Gasteiger partial charge in [-0.05, 0) is 43.0 Å². The van der Waals surface area contributed by atoms with Crippen molar-refractivity contribution in [2.24, 2.45) is 5.92 Å². The Hall–Kier alpha value is -3.50. The van der Waals surface area contributed by atoms with Crippen LogP contribution in [0, 0.1) is 11.7 Å². The van der Waals surface area contributed by atoms with Crippen molar-refractivity contribution in [2.45, 2.75) is 31.1 Å². The number of anilines is 1. The van der Waals surface area contributed by atoms with Gasteiger partial charge in [-0.3, -0.25) is 4.79 Å². The van der Waals surface area contributed by atoms with Gasteiger partial charge >= 0.3 is 6.18 Å². The lowest BCUT2D eigenvalue weighted by atomic mass is 10.0. The van der Waals surface area contributed by atoms with Crippen molar-refractivity contribution in [3.8, 4) is 5.69 Å². The lowest BCUT2D eigenvalue weighted by Crippen LogP contribution is -2.48. The number of piperidine rings is 1. The molecule has 1 aromatic carbocycles. The normalized spacial score (nSPS) is 22.4. The molecule has 3 heterocycles. The molecule has 3 aromatic rings. The van der Waals surface area contributed by atoms with E-state index in [1.54, 1.807) is 11.0 Å². The number of hydrogen-bond donors (Lipinski definition) is 1. The van der Waals surface area contributed by atoms with Gasteiger partial charge in [-0.1, -0.05) is 6.07 Å². The Kier molecular flexibility index (Phi) is 4.83. The fourth-order valence-electron chi connectivity index (χ4n) is 4.63. The Morgan fingerprint density at radius 1 is 1.09 bits per heavy atom. The van der Waals surface area contributed by atoms with E-state index >= 15 is 0 Å². The monoisotopic (exact) mass is 446 g/mol. The van der Waals surface area contributed by atoms with E-state index in [1.807, 2.05) is 0 Å². The lowest BCUT2D eigenvalue weighted by molar-refractivity contribution is -0.137. The molecule has 11 heteroatoms. The molecule has 1 N–H and O–H groups in total. The Morgan fingerprint density at radius 3 is 2.53 bits per heavy atom. The number of alkyl halides is 3. The molecule has 2 fully saturated rings. The summed E-state index contributed by atoms with van der Waals surface area (Å²) >= 11 is 0. The van der Waals surface area contributed by atoms with Crippen LogP contribution in [0.2, 0.25) is 0 Å². The molecule has 2 aliphatic rings. The lowest BCUT2D eigenvalue weighted by Gasteiger charge is -2.34. The fourth-order valence-corrected chi connectivity index (χ4v) is 4.63. The third-order valence-corrected chi connectivity index (χ3v) is 6.01. The number of nitrogens with one attached hydrogen (secondary N) is 1. The summed E-state index contributed by atoms with van der Waals surface area (Å²) in [5.41, 5.74) is -0.688. The van der Waals surface area contributed by atoms with Crippen LogP contribution in [0.5, 0.6) is 0 Å². The Balaban J connectivity index is 1.37. The molecule has 5 rings (SSSR count). The Morgan fingerprint density at radius 2 is 1.88 bits per heavy atom. The van der Waals surface area contributed by atoms with E-state index in [-0.39, 0.29) is 29.3 Å². The highest BCUT2D eigenvalue weighted by atomic mass is 19.4. The zero-order valence-electron chi connectivity index (χ0n) is 16.6. The van der Waals surface area contributed by atoms with E-state index in [1.165, 1.54) is 35.4 Å². The zero-order chi connectivity index (χ0) is 22.5. The molecule has 1 saturated carbocycles. The first-order valence-corrected chi connectivity index (χ1v) is 10.1. The van der Waals surface area contributed by atoms with Crippen LogP contribution in [-0.4, -0.2) is 49.4 Å². The second-order valence-electron chi connectivity index (χ2n) is 8.00. The van der Waals surface area contributed by atoms with Crippen LogP contribution in [-0.2, 0) is 6.18 Å². The molecule has 32 heavy (non-hydrogen) atoms. The largest absolute Gasteiger partial charge is 0.417 e. The number of likely N-dealkylation sites (tertiary alicyclic amines) is 1. The Bertz CT molecular complexity index is 1130. The number of rotatable bonds is 4. The maximum Gasteiger partial charge on any atom is 0.417 e. The van der Waals surface area contributed by atoms with Crippen molar-refractivity contribution in [3.05, 3.63) is 65.9 Å². The number of halogens is 4. The minimum Gasteiger partial charge on any atom is -0.365 e. The topological polar surface area (TPSA) is 75.9 Å². The van der Waals surface area contributed by atoms with Gasteiger partial charge in [0, 0.05) is 18.8 Å². The molecule has 0 unspecified atom stereocenters. The van der Waals surface area contributed by atoms with Crippen molar-refractivity contribution in [3.63, 3.8) is 0 Å². The van der Waals surface area contributed by atoms with Crippen LogP contribution in [0.15, 0.2) is 48.9 Å². The number of amides is 1. The summed E-state index contributed by atoms with van der Waals surface area (Å²) < 4.78 is 53.0. The molecular weight excluding hydrogens is 428 g/mol. The Labute approximate surface area is 180 Å². The van der Waals surface area contributed by atoms with Crippen LogP contribution in [0.25, 0.3) is 5.69 Å². The van der Waals surface area contributed by atoms with E-state index in [2.05, 4.69) is 20.5 Å². The van der Waals surface area contributed by atoms with Crippen molar-refractivity contribution in [1.82, 2.24) is 24.9 Å². The van der Waals surface area contributed by atoms with Gasteiger partial charge in [0.15, 0.2) is 0 Å². The first-order valence-electron chi connectivity index (χ1n) is 10.1. The second kappa shape index (κ2) is 7.57. The van der Waals surface area contributed by atoms with Gasteiger partial charge < -0.3 is 10.2 Å². The summed E-state index contributed by atoms with van der Waals surface area (Å²) in [6, 6.07) is 6.10. The number of carbonyl (C=O) groups is 1. The quantitative estimate of drug-likeness (QED) is 0.621. The molecular formula is C21H18F4N6O. The highest BCUT2D eigenvalue weighted by Gasteiger charge is 2.48. The molecule has 166 valence electrons. The molecule has 2 aromatic heterocycles. The first kappa shape index (κ1) is 20.4. The van der Waals surface area contributed by atoms with Crippen molar-refractivity contribution >= 4 is 11.7 Å². The highest BCUT2D eigenvalue weighted by Crippen LogP contribution is 2.40. The van der Waals surface area contributed by atoms with Gasteiger partial charge in [-0.2, -0.15) is 28.2 Å². The predicted molar refractivity (Wildman–Crippen MR) is 106 cm³/mol. The predicted octanol–water partition coefficient (Wildman–Crippen LogP) is 3.54. The van der Waals surface area contributed by atoms with Crippen LogP contribution in [0.1, 0.15) is 28.8 Å². The van der Waals surface area contributed by atoms with Crippen LogP contribution >= 0.6 is 0 Å². The van der Waals surface area contributed by atoms with Gasteiger partial charge in [0.1, 0.15) is 22.9 Å². The van der Waals surface area contributed by atoms with Crippen LogP contribution < -0.4 is 5.32 Å². The number of hydrogen-bond acceptors (Lipinski definition) is 5. The SMILES string of the molecule is O=C(c1c(F)cccc1-n1nccn1)N1C[C@H]2C[C@@H](Nc3ccc(C(F)(F)F)cn3)[C@@H]1C2. The summed E-state index contributed by atoms with van der Waals surface area (Å²) in [5, 5.41) is 11.2. The first-order chi connectivity index (χ1) is 15.3. The smallest absolute Gasteiger partial charge is 0.365 e. The van der Waals surface area contributed by atoms with Gasteiger partial charge in [0.05, 0.1) is 24.0 Å². The second-order valence-corrected chi connectivity index (χ2v) is 8.00. The number of pyridine rings is 1. The zero-order valence-corrected chi connectivity index (χ0v) is 16.6. The molecule has 1 saturated heterocycles. The highest BCUT2D eigenvalue weighted by molar-refractivity contribution is 5.98. The molecule has 3 atom stereocenters. The van der Waals surface area contributed by atoms with E-state index in [0.29, 0.717) is 12.4 Å². The summed E-state index contributed by atoms with van der Waals surface area (Å²) in [6.07, 6.45) is 0.682. The van der Waals surface area contributed by atoms with Crippen molar-refractivity contribution in [1.29, 1.82) is 0 Å². The third kappa shape index (κ3) is 3.57. The van der Waals surface area contributed by atoms with E-state index in [9.17, 15) is 22.4 Å². The molecule has 7 nitrogen and oxygen atoms in total. The van der Waals surface area contributed by atoms with Gasteiger partial charge in [-0.25, -0.2) is 9.37 Å². The van der Waals surface area contributed by atoms with Crippen molar-refractivity contribution in [2.75, 3.05) is 11.9 Å². The number of carbonyl (C=O) groups excluding carboxylic acids is 1. The number of nitrogens with zero attached hydrogens (tertiary/aromatic N) is 5.